The minimum atomic E-state index is 0.00672. The average molecular weight is 454 g/mol. The number of rotatable bonds is 4. The number of hydrogen-bond acceptors (Lipinski definition) is 5. The predicted molar refractivity (Wildman–Crippen MR) is 133 cm³/mol. The van der Waals surface area contributed by atoms with Crippen molar-refractivity contribution in [1.82, 2.24) is 19.7 Å². The van der Waals surface area contributed by atoms with Crippen molar-refractivity contribution in [3.63, 3.8) is 0 Å². The Bertz CT molecular complexity index is 1370. The van der Waals surface area contributed by atoms with Gasteiger partial charge >= 0.3 is 0 Å². The Morgan fingerprint density at radius 2 is 1.59 bits per heavy atom. The minimum Gasteiger partial charge on any atom is -0.368 e. The Labute approximate surface area is 198 Å². The van der Waals surface area contributed by atoms with E-state index in [0.29, 0.717) is 29.9 Å². The van der Waals surface area contributed by atoms with Crippen molar-refractivity contribution in [3.05, 3.63) is 77.5 Å². The number of carbonyl (C=O) groups is 2. The van der Waals surface area contributed by atoms with Gasteiger partial charge in [-0.3, -0.25) is 14.3 Å². The first-order chi connectivity index (χ1) is 16.4. The maximum Gasteiger partial charge on any atom is 0.254 e. The molecule has 1 aliphatic rings. The van der Waals surface area contributed by atoms with Gasteiger partial charge in [0.1, 0.15) is 0 Å². The van der Waals surface area contributed by atoms with Crippen LogP contribution in [0.5, 0.6) is 0 Å². The molecule has 0 bridgehead atoms. The summed E-state index contributed by atoms with van der Waals surface area (Å²) in [6, 6.07) is 19.5. The van der Waals surface area contributed by atoms with Crippen LogP contribution in [0.15, 0.2) is 60.7 Å². The van der Waals surface area contributed by atoms with E-state index in [1.165, 1.54) is 0 Å². The fourth-order valence-electron chi connectivity index (χ4n) is 4.62. The number of Topliss-reactive ketones (excluding diaryl/α,β-unsaturated/α-hetero) is 1. The number of benzene rings is 2. The van der Waals surface area contributed by atoms with Crippen molar-refractivity contribution >= 4 is 28.4 Å². The Balaban J connectivity index is 1.42. The molecule has 1 fully saturated rings. The number of carbonyl (C=O) groups excluding carboxylic acids is 2. The molecule has 7 heteroatoms. The molecular formula is C27H27N5O2. The van der Waals surface area contributed by atoms with Gasteiger partial charge < -0.3 is 9.80 Å². The van der Waals surface area contributed by atoms with Crippen molar-refractivity contribution < 1.29 is 9.59 Å². The van der Waals surface area contributed by atoms with Crippen LogP contribution in [-0.4, -0.2) is 57.5 Å². The van der Waals surface area contributed by atoms with E-state index in [1.54, 1.807) is 11.6 Å². The van der Waals surface area contributed by atoms with Gasteiger partial charge in [-0.05, 0) is 44.2 Å². The summed E-state index contributed by atoms with van der Waals surface area (Å²) >= 11 is 0. The van der Waals surface area contributed by atoms with E-state index in [-0.39, 0.29) is 11.7 Å². The van der Waals surface area contributed by atoms with Crippen molar-refractivity contribution in [2.24, 2.45) is 7.05 Å². The first kappa shape index (κ1) is 21.8. The van der Waals surface area contributed by atoms with Crippen LogP contribution in [0.25, 0.3) is 22.3 Å². The third kappa shape index (κ3) is 3.94. The summed E-state index contributed by atoms with van der Waals surface area (Å²) in [6.07, 6.45) is 0. The van der Waals surface area contributed by atoms with E-state index in [4.69, 9.17) is 4.98 Å². The van der Waals surface area contributed by atoms with Gasteiger partial charge in [0.05, 0.1) is 22.3 Å². The number of piperazine rings is 1. The van der Waals surface area contributed by atoms with Crippen molar-refractivity contribution in [1.29, 1.82) is 0 Å². The number of anilines is 1. The first-order valence-electron chi connectivity index (χ1n) is 11.5. The molecule has 4 aromatic rings. The van der Waals surface area contributed by atoms with E-state index in [9.17, 15) is 9.59 Å². The highest BCUT2D eigenvalue weighted by Crippen LogP contribution is 2.28. The molecule has 1 aliphatic heterocycles. The topological polar surface area (TPSA) is 71.3 Å². The van der Waals surface area contributed by atoms with Crippen molar-refractivity contribution in [3.8, 4) is 11.3 Å². The molecule has 34 heavy (non-hydrogen) atoms. The maximum atomic E-state index is 13.7. The van der Waals surface area contributed by atoms with Gasteiger partial charge in [-0.2, -0.15) is 5.10 Å². The maximum absolute atomic E-state index is 13.7. The van der Waals surface area contributed by atoms with Crippen LogP contribution in [0.4, 0.5) is 5.69 Å². The number of ketones is 1. The molecule has 0 N–H and O–H groups in total. The Kier molecular flexibility index (Phi) is 5.61. The molecule has 1 amide bonds. The van der Waals surface area contributed by atoms with Crippen LogP contribution in [0.2, 0.25) is 0 Å². The van der Waals surface area contributed by atoms with Gasteiger partial charge in [0.15, 0.2) is 11.4 Å². The fraction of sp³-hybridized carbons (Fsp3) is 0.259. The lowest BCUT2D eigenvalue weighted by atomic mass is 10.0. The average Bonchev–Trinajstić information content (AvgIpc) is 3.17. The molecule has 3 heterocycles. The van der Waals surface area contributed by atoms with Gasteiger partial charge in [-0.15, -0.1) is 0 Å². The van der Waals surface area contributed by atoms with E-state index in [2.05, 4.69) is 10.00 Å². The first-order valence-corrected chi connectivity index (χ1v) is 11.5. The molecule has 0 radical (unpaired) electrons. The Hall–Kier alpha value is -4.00. The van der Waals surface area contributed by atoms with Crippen LogP contribution in [0, 0.1) is 6.92 Å². The number of fused-ring (bicyclic) bond motifs is 1. The molecule has 172 valence electrons. The number of aryl methyl sites for hydroxylation is 2. The Morgan fingerprint density at radius 1 is 0.912 bits per heavy atom. The lowest BCUT2D eigenvalue weighted by Gasteiger charge is -2.36. The largest absolute Gasteiger partial charge is 0.368 e. The van der Waals surface area contributed by atoms with Crippen LogP contribution in [-0.2, 0) is 7.05 Å². The van der Waals surface area contributed by atoms with E-state index >= 15 is 0 Å². The standard InChI is InChI=1S/C27H27N5O2/c1-18-25-23(17-24(21-7-5-4-6-8-21)28-26(25)30(3)29-18)27(34)32-15-13-31(14-16-32)22-11-9-20(10-12-22)19(2)33/h4-12,17H,13-16H2,1-3H3. The number of amides is 1. The van der Waals surface area contributed by atoms with Gasteiger partial charge in [0.25, 0.3) is 5.91 Å². The van der Waals surface area contributed by atoms with Crippen LogP contribution >= 0.6 is 0 Å². The predicted octanol–water partition coefficient (Wildman–Crippen LogP) is 4.11. The van der Waals surface area contributed by atoms with Gasteiger partial charge in [0.2, 0.25) is 0 Å². The zero-order valence-corrected chi connectivity index (χ0v) is 19.7. The molecule has 0 spiro atoms. The molecule has 2 aromatic carbocycles. The quantitative estimate of drug-likeness (QED) is 0.435. The normalized spacial score (nSPS) is 14.0. The van der Waals surface area contributed by atoms with Crippen molar-refractivity contribution in [2.45, 2.75) is 13.8 Å². The summed E-state index contributed by atoms with van der Waals surface area (Å²) in [4.78, 5) is 34.3. The van der Waals surface area contributed by atoms with E-state index in [1.807, 2.05) is 79.5 Å². The highest BCUT2D eigenvalue weighted by atomic mass is 16.2. The van der Waals surface area contributed by atoms with Crippen LogP contribution in [0.3, 0.4) is 0 Å². The summed E-state index contributed by atoms with van der Waals surface area (Å²) in [5.41, 5.74) is 5.68. The highest BCUT2D eigenvalue weighted by Gasteiger charge is 2.26. The summed E-state index contributed by atoms with van der Waals surface area (Å²) < 4.78 is 1.75. The zero-order valence-electron chi connectivity index (χ0n) is 19.7. The molecule has 1 saturated heterocycles. The minimum absolute atomic E-state index is 0.00672. The van der Waals surface area contributed by atoms with E-state index < -0.39 is 0 Å². The monoisotopic (exact) mass is 453 g/mol. The number of nitrogens with zero attached hydrogens (tertiary/aromatic N) is 5. The molecule has 0 atom stereocenters. The number of pyridine rings is 1. The molecule has 0 saturated carbocycles. The summed E-state index contributed by atoms with van der Waals surface area (Å²) in [5, 5.41) is 5.35. The molecule has 2 aromatic heterocycles. The van der Waals surface area contributed by atoms with Crippen LogP contribution in [0.1, 0.15) is 33.3 Å². The lowest BCUT2D eigenvalue weighted by molar-refractivity contribution is 0.0748. The summed E-state index contributed by atoms with van der Waals surface area (Å²) in [5.74, 6) is 0.0680. The second-order valence-corrected chi connectivity index (χ2v) is 8.71. The molecular weight excluding hydrogens is 426 g/mol. The fourth-order valence-corrected chi connectivity index (χ4v) is 4.62. The summed E-state index contributed by atoms with van der Waals surface area (Å²) in [6.45, 7) is 6.20. The molecule has 0 unspecified atom stereocenters. The molecule has 5 rings (SSSR count). The van der Waals surface area contributed by atoms with Gasteiger partial charge in [0, 0.05) is 50.0 Å². The van der Waals surface area contributed by atoms with Gasteiger partial charge in [-0.25, -0.2) is 4.98 Å². The lowest BCUT2D eigenvalue weighted by Crippen LogP contribution is -2.48. The number of hydrogen-bond donors (Lipinski definition) is 0. The second-order valence-electron chi connectivity index (χ2n) is 8.71. The highest BCUT2D eigenvalue weighted by molar-refractivity contribution is 6.07. The second kappa shape index (κ2) is 8.74. The van der Waals surface area contributed by atoms with E-state index in [0.717, 1.165) is 41.1 Å². The zero-order chi connectivity index (χ0) is 23.8. The third-order valence-electron chi connectivity index (χ3n) is 6.47. The van der Waals surface area contributed by atoms with Crippen LogP contribution < -0.4 is 4.90 Å². The molecule has 0 aliphatic carbocycles. The number of aromatic nitrogens is 3. The SMILES string of the molecule is CC(=O)c1ccc(N2CCN(C(=O)c3cc(-c4ccccc4)nc4c3c(C)nn4C)CC2)cc1. The molecule has 7 nitrogen and oxygen atoms in total. The van der Waals surface area contributed by atoms with Crippen molar-refractivity contribution in [2.75, 3.05) is 31.1 Å². The smallest absolute Gasteiger partial charge is 0.254 e. The van der Waals surface area contributed by atoms with Gasteiger partial charge in [-0.1, -0.05) is 30.3 Å². The third-order valence-corrected chi connectivity index (χ3v) is 6.47. The Morgan fingerprint density at radius 3 is 2.24 bits per heavy atom. The summed E-state index contributed by atoms with van der Waals surface area (Å²) in [7, 11) is 1.86.